The zero-order valence-electron chi connectivity index (χ0n) is 15.3. The molecule has 0 aliphatic carbocycles. The van der Waals surface area contributed by atoms with Crippen molar-refractivity contribution in [3.05, 3.63) is 65.0 Å². The summed E-state index contributed by atoms with van der Waals surface area (Å²) < 4.78 is 31.5. The summed E-state index contributed by atoms with van der Waals surface area (Å²) in [5, 5.41) is 8.05. The second-order valence-corrected chi connectivity index (χ2v) is 6.95. The van der Waals surface area contributed by atoms with Gasteiger partial charge in [-0.3, -0.25) is 4.79 Å². The number of benzene rings is 2. The normalized spacial score (nSPS) is 11.9. The Hall–Kier alpha value is -2.84. The molecule has 0 fully saturated rings. The number of amides is 1. The van der Waals surface area contributed by atoms with Gasteiger partial charge in [-0.05, 0) is 48.9 Å². The number of rotatable bonds is 7. The minimum Gasteiger partial charge on any atom is -0.497 e. The quantitative estimate of drug-likeness (QED) is 0.614. The third-order valence-electron chi connectivity index (χ3n) is 4.15. The molecule has 0 spiro atoms. The molecule has 5 nitrogen and oxygen atoms in total. The molecule has 0 saturated carbocycles. The van der Waals surface area contributed by atoms with Crippen molar-refractivity contribution in [3.8, 4) is 17.0 Å². The fourth-order valence-electron chi connectivity index (χ4n) is 2.53. The third-order valence-corrected chi connectivity index (χ3v) is 4.91. The maximum Gasteiger partial charge on any atom is 0.240 e. The molecule has 146 valence electrons. The van der Waals surface area contributed by atoms with E-state index in [1.54, 1.807) is 14.0 Å². The number of methoxy groups -OCH3 is 1. The van der Waals surface area contributed by atoms with Crippen molar-refractivity contribution in [1.82, 2.24) is 10.3 Å². The number of nitrogens with zero attached hydrogens (tertiary/aromatic N) is 1. The van der Waals surface area contributed by atoms with Crippen molar-refractivity contribution in [2.24, 2.45) is 0 Å². The Bertz CT molecular complexity index is 960. The van der Waals surface area contributed by atoms with E-state index in [-0.39, 0.29) is 18.5 Å². The average Bonchev–Trinajstić information content (AvgIpc) is 3.16. The van der Waals surface area contributed by atoms with Gasteiger partial charge in [0, 0.05) is 17.0 Å². The van der Waals surface area contributed by atoms with Crippen LogP contribution in [0.3, 0.4) is 0 Å². The van der Waals surface area contributed by atoms with E-state index >= 15 is 0 Å². The van der Waals surface area contributed by atoms with Crippen molar-refractivity contribution in [2.75, 3.05) is 19.0 Å². The highest BCUT2D eigenvalue weighted by Crippen LogP contribution is 2.26. The summed E-state index contributed by atoms with van der Waals surface area (Å²) in [6, 6.07) is 10.8. The molecule has 1 heterocycles. The molecule has 0 aliphatic rings. The highest BCUT2D eigenvalue weighted by molar-refractivity contribution is 7.14. The number of halogens is 2. The highest BCUT2D eigenvalue weighted by atomic mass is 32.1. The fourth-order valence-corrected chi connectivity index (χ4v) is 3.27. The number of hydrogen-bond donors (Lipinski definition) is 2. The Morgan fingerprint density at radius 2 is 1.93 bits per heavy atom. The first-order valence-corrected chi connectivity index (χ1v) is 9.42. The van der Waals surface area contributed by atoms with Gasteiger partial charge in [0.25, 0.3) is 0 Å². The van der Waals surface area contributed by atoms with Crippen LogP contribution in [0.5, 0.6) is 5.75 Å². The molecule has 0 radical (unpaired) electrons. The van der Waals surface area contributed by atoms with E-state index in [9.17, 15) is 13.6 Å². The summed E-state index contributed by atoms with van der Waals surface area (Å²) in [7, 11) is 1.60. The van der Waals surface area contributed by atoms with Gasteiger partial charge in [-0.25, -0.2) is 13.8 Å². The molecule has 0 aliphatic heterocycles. The highest BCUT2D eigenvalue weighted by Gasteiger charge is 2.12. The predicted octanol–water partition coefficient (Wildman–Crippen LogP) is 4.39. The summed E-state index contributed by atoms with van der Waals surface area (Å²) in [6.45, 7) is 1.78. The minimum absolute atomic E-state index is 0.0115. The summed E-state index contributed by atoms with van der Waals surface area (Å²) in [6.07, 6.45) is 0. The van der Waals surface area contributed by atoms with E-state index in [0.717, 1.165) is 29.1 Å². The summed E-state index contributed by atoms with van der Waals surface area (Å²) in [5.41, 5.74) is 2.23. The molecule has 3 aromatic rings. The molecule has 0 saturated heterocycles. The molecule has 8 heteroatoms. The zero-order chi connectivity index (χ0) is 20.1. The molecule has 2 N–H and O–H groups in total. The predicted molar refractivity (Wildman–Crippen MR) is 106 cm³/mol. The fraction of sp³-hybridized carbons (Fsp3) is 0.200. The standard InChI is InChI=1S/C20H19F2N3O2S/c1-12(14-5-8-16(21)17(22)9-14)23-10-19(26)25-20-24-18(11-28-20)13-3-6-15(27-2)7-4-13/h3-9,11-12,23H,10H2,1-2H3,(H,24,25,26). The summed E-state index contributed by atoms with van der Waals surface area (Å²) in [5.74, 6) is -1.33. The van der Waals surface area contributed by atoms with Crippen LogP contribution in [-0.2, 0) is 4.79 Å². The van der Waals surface area contributed by atoms with Crippen molar-refractivity contribution >= 4 is 22.4 Å². The minimum atomic E-state index is -0.913. The molecular formula is C20H19F2N3O2S. The van der Waals surface area contributed by atoms with Crippen LogP contribution >= 0.6 is 11.3 Å². The van der Waals surface area contributed by atoms with E-state index < -0.39 is 11.6 Å². The first kappa shape index (κ1) is 19.9. The lowest BCUT2D eigenvalue weighted by atomic mass is 10.1. The number of ether oxygens (including phenoxy) is 1. The van der Waals surface area contributed by atoms with Gasteiger partial charge in [-0.1, -0.05) is 6.07 Å². The largest absolute Gasteiger partial charge is 0.497 e. The van der Waals surface area contributed by atoms with Crippen molar-refractivity contribution in [1.29, 1.82) is 0 Å². The SMILES string of the molecule is COc1ccc(-c2csc(NC(=O)CNC(C)c3ccc(F)c(F)c3)n2)cc1. The molecule has 0 bridgehead atoms. The Kier molecular flexibility index (Phi) is 6.33. The topological polar surface area (TPSA) is 63.2 Å². The van der Waals surface area contributed by atoms with Crippen LogP contribution < -0.4 is 15.4 Å². The second-order valence-electron chi connectivity index (χ2n) is 6.09. The van der Waals surface area contributed by atoms with Crippen LogP contribution in [-0.4, -0.2) is 24.5 Å². The monoisotopic (exact) mass is 403 g/mol. The maximum absolute atomic E-state index is 13.3. The third kappa shape index (κ3) is 4.90. The average molecular weight is 403 g/mol. The van der Waals surface area contributed by atoms with Crippen molar-refractivity contribution < 1.29 is 18.3 Å². The maximum atomic E-state index is 13.3. The van der Waals surface area contributed by atoms with E-state index in [1.807, 2.05) is 29.6 Å². The van der Waals surface area contributed by atoms with E-state index in [2.05, 4.69) is 15.6 Å². The number of aromatic nitrogens is 1. The lowest BCUT2D eigenvalue weighted by Crippen LogP contribution is -2.30. The van der Waals surface area contributed by atoms with Gasteiger partial charge in [0.2, 0.25) is 5.91 Å². The molecular weight excluding hydrogens is 384 g/mol. The van der Waals surface area contributed by atoms with Crippen LogP contribution in [0, 0.1) is 11.6 Å². The first-order chi connectivity index (χ1) is 13.5. The number of thiazole rings is 1. The van der Waals surface area contributed by atoms with Crippen molar-refractivity contribution in [2.45, 2.75) is 13.0 Å². The van der Waals surface area contributed by atoms with E-state index in [0.29, 0.717) is 10.7 Å². The Balaban J connectivity index is 1.54. The van der Waals surface area contributed by atoms with Crippen LogP contribution in [0.25, 0.3) is 11.3 Å². The Morgan fingerprint density at radius 1 is 1.18 bits per heavy atom. The van der Waals surface area contributed by atoms with E-state index in [1.165, 1.54) is 17.4 Å². The van der Waals surface area contributed by atoms with Gasteiger partial charge in [0.1, 0.15) is 5.75 Å². The van der Waals surface area contributed by atoms with Crippen LogP contribution in [0.15, 0.2) is 47.8 Å². The lowest BCUT2D eigenvalue weighted by molar-refractivity contribution is -0.115. The molecule has 28 heavy (non-hydrogen) atoms. The molecule has 1 aromatic heterocycles. The van der Waals surface area contributed by atoms with Gasteiger partial charge in [-0.2, -0.15) is 0 Å². The number of nitrogens with one attached hydrogen (secondary N) is 2. The van der Waals surface area contributed by atoms with E-state index in [4.69, 9.17) is 4.74 Å². The number of carbonyl (C=O) groups is 1. The molecule has 1 unspecified atom stereocenters. The van der Waals surface area contributed by atoms with Gasteiger partial charge in [0.05, 0.1) is 19.3 Å². The zero-order valence-corrected chi connectivity index (χ0v) is 16.1. The van der Waals surface area contributed by atoms with Gasteiger partial charge < -0.3 is 15.4 Å². The van der Waals surface area contributed by atoms with Crippen LogP contribution in [0.2, 0.25) is 0 Å². The number of carbonyl (C=O) groups excluding carboxylic acids is 1. The lowest BCUT2D eigenvalue weighted by Gasteiger charge is -2.14. The number of hydrogen-bond acceptors (Lipinski definition) is 5. The van der Waals surface area contributed by atoms with Gasteiger partial charge in [0.15, 0.2) is 16.8 Å². The Labute approximate surface area is 165 Å². The molecule has 3 rings (SSSR count). The molecule has 2 aromatic carbocycles. The summed E-state index contributed by atoms with van der Waals surface area (Å²) in [4.78, 5) is 16.6. The smallest absolute Gasteiger partial charge is 0.240 e. The van der Waals surface area contributed by atoms with Crippen LogP contribution in [0.4, 0.5) is 13.9 Å². The Morgan fingerprint density at radius 3 is 2.61 bits per heavy atom. The van der Waals surface area contributed by atoms with Gasteiger partial charge in [-0.15, -0.1) is 11.3 Å². The number of anilines is 1. The van der Waals surface area contributed by atoms with Gasteiger partial charge >= 0.3 is 0 Å². The summed E-state index contributed by atoms with van der Waals surface area (Å²) >= 11 is 1.32. The first-order valence-electron chi connectivity index (χ1n) is 8.54. The molecule has 1 atom stereocenters. The van der Waals surface area contributed by atoms with Crippen LogP contribution in [0.1, 0.15) is 18.5 Å². The van der Waals surface area contributed by atoms with Crippen molar-refractivity contribution in [3.63, 3.8) is 0 Å². The second kappa shape index (κ2) is 8.90. The molecule has 1 amide bonds.